The molecule has 0 fully saturated rings. The molecule has 70 valence electrons. The van der Waals surface area contributed by atoms with Crippen molar-refractivity contribution in [2.24, 2.45) is 0 Å². The van der Waals surface area contributed by atoms with Gasteiger partial charge in [-0.05, 0) is 32.2 Å². The summed E-state index contributed by atoms with van der Waals surface area (Å²) in [5, 5.41) is 0. The molecule has 1 aromatic rings. The molecule has 0 aliphatic heterocycles. The Bertz CT molecular complexity index is 298. The third-order valence-electron chi connectivity index (χ3n) is 1.82. The van der Waals surface area contributed by atoms with Crippen molar-refractivity contribution in [3.8, 4) is 0 Å². The van der Waals surface area contributed by atoms with Gasteiger partial charge < -0.3 is 0 Å². The van der Waals surface area contributed by atoms with Crippen LogP contribution in [0.3, 0.4) is 0 Å². The molecule has 0 amide bonds. The summed E-state index contributed by atoms with van der Waals surface area (Å²) in [5.41, 5.74) is 3.15. The highest BCUT2D eigenvalue weighted by atomic mass is 32.2. The summed E-state index contributed by atoms with van der Waals surface area (Å²) in [6.07, 6.45) is 1.94. The van der Waals surface area contributed by atoms with E-state index in [-0.39, 0.29) is 5.78 Å². The lowest BCUT2D eigenvalue weighted by atomic mass is 10.1. The number of Topliss-reactive ketones (excluding diaryl/α,β-unsaturated/α-hetero) is 1. The molecule has 13 heavy (non-hydrogen) atoms. The van der Waals surface area contributed by atoms with E-state index in [0.29, 0.717) is 5.75 Å². The minimum absolute atomic E-state index is 0.222. The Morgan fingerprint density at radius 3 is 2.23 bits per heavy atom. The van der Waals surface area contributed by atoms with Crippen LogP contribution < -0.4 is 0 Å². The first-order chi connectivity index (χ1) is 6.13. The fraction of sp³-hybridized carbons (Fsp3) is 0.364. The Morgan fingerprint density at radius 2 is 1.77 bits per heavy atom. The lowest BCUT2D eigenvalue weighted by Gasteiger charge is -2.02. The SMILES string of the molecule is CSCC(=O)c1cc(C)cc(C)c1. The molecule has 0 saturated heterocycles. The topological polar surface area (TPSA) is 17.1 Å². The van der Waals surface area contributed by atoms with Gasteiger partial charge in [0, 0.05) is 5.56 Å². The summed E-state index contributed by atoms with van der Waals surface area (Å²) in [4.78, 5) is 11.5. The smallest absolute Gasteiger partial charge is 0.172 e. The number of thioether (sulfide) groups is 1. The molecular formula is C11H14OS. The number of carbonyl (C=O) groups excluding carboxylic acids is 1. The maximum Gasteiger partial charge on any atom is 0.172 e. The molecule has 0 bridgehead atoms. The van der Waals surface area contributed by atoms with E-state index in [2.05, 4.69) is 6.07 Å². The summed E-state index contributed by atoms with van der Waals surface area (Å²) in [7, 11) is 0. The molecule has 1 aromatic carbocycles. The van der Waals surface area contributed by atoms with E-state index in [1.54, 1.807) is 11.8 Å². The number of benzene rings is 1. The van der Waals surface area contributed by atoms with E-state index in [0.717, 1.165) is 16.7 Å². The minimum Gasteiger partial charge on any atom is -0.293 e. The predicted octanol–water partition coefficient (Wildman–Crippen LogP) is 2.85. The fourth-order valence-corrected chi connectivity index (χ4v) is 1.78. The number of rotatable bonds is 3. The number of hydrogen-bond acceptors (Lipinski definition) is 2. The quantitative estimate of drug-likeness (QED) is 0.688. The van der Waals surface area contributed by atoms with E-state index in [1.165, 1.54) is 0 Å². The van der Waals surface area contributed by atoms with E-state index in [4.69, 9.17) is 0 Å². The highest BCUT2D eigenvalue weighted by Crippen LogP contribution is 2.11. The lowest BCUT2D eigenvalue weighted by Crippen LogP contribution is -2.02. The Morgan fingerprint density at radius 1 is 1.23 bits per heavy atom. The Kier molecular flexibility index (Phi) is 3.55. The van der Waals surface area contributed by atoms with Crippen LogP contribution in [0.15, 0.2) is 18.2 Å². The zero-order valence-electron chi connectivity index (χ0n) is 8.26. The van der Waals surface area contributed by atoms with Crippen LogP contribution in [0.4, 0.5) is 0 Å². The lowest BCUT2D eigenvalue weighted by molar-refractivity contribution is 0.102. The van der Waals surface area contributed by atoms with Gasteiger partial charge in [0.15, 0.2) is 5.78 Å². The fourth-order valence-electron chi connectivity index (χ4n) is 1.35. The molecule has 0 aromatic heterocycles. The number of carbonyl (C=O) groups is 1. The van der Waals surface area contributed by atoms with Crippen molar-refractivity contribution in [1.29, 1.82) is 0 Å². The average molecular weight is 194 g/mol. The third kappa shape index (κ3) is 2.88. The summed E-state index contributed by atoms with van der Waals surface area (Å²) < 4.78 is 0. The van der Waals surface area contributed by atoms with E-state index >= 15 is 0 Å². The molecule has 0 aliphatic rings. The first-order valence-corrected chi connectivity index (χ1v) is 5.63. The van der Waals surface area contributed by atoms with Crippen LogP contribution in [-0.2, 0) is 0 Å². The maximum absolute atomic E-state index is 11.5. The van der Waals surface area contributed by atoms with Crippen molar-refractivity contribution in [3.05, 3.63) is 34.9 Å². The molecule has 0 heterocycles. The molecule has 0 unspecified atom stereocenters. The average Bonchev–Trinajstić information content (AvgIpc) is 2.03. The van der Waals surface area contributed by atoms with Gasteiger partial charge in [0.05, 0.1) is 5.75 Å². The van der Waals surface area contributed by atoms with Crippen LogP contribution in [-0.4, -0.2) is 17.8 Å². The number of hydrogen-bond donors (Lipinski definition) is 0. The van der Waals surface area contributed by atoms with Crippen LogP contribution >= 0.6 is 11.8 Å². The molecule has 1 rings (SSSR count). The van der Waals surface area contributed by atoms with Crippen molar-refractivity contribution < 1.29 is 4.79 Å². The molecule has 0 saturated carbocycles. The summed E-state index contributed by atoms with van der Waals surface area (Å²) in [5.74, 6) is 0.794. The molecule has 0 N–H and O–H groups in total. The Balaban J connectivity index is 2.94. The summed E-state index contributed by atoms with van der Waals surface area (Å²) in [6, 6.07) is 5.98. The first-order valence-electron chi connectivity index (χ1n) is 4.24. The zero-order valence-corrected chi connectivity index (χ0v) is 9.07. The van der Waals surface area contributed by atoms with Gasteiger partial charge in [0.2, 0.25) is 0 Å². The van der Waals surface area contributed by atoms with Crippen LogP contribution in [0.1, 0.15) is 21.5 Å². The predicted molar refractivity (Wildman–Crippen MR) is 58.6 cm³/mol. The van der Waals surface area contributed by atoms with Gasteiger partial charge in [0.1, 0.15) is 0 Å². The number of aryl methyl sites for hydroxylation is 2. The van der Waals surface area contributed by atoms with Crippen molar-refractivity contribution in [2.75, 3.05) is 12.0 Å². The molecule has 0 atom stereocenters. The van der Waals surface area contributed by atoms with E-state index < -0.39 is 0 Å². The maximum atomic E-state index is 11.5. The van der Waals surface area contributed by atoms with Crippen molar-refractivity contribution in [2.45, 2.75) is 13.8 Å². The van der Waals surface area contributed by atoms with Crippen molar-refractivity contribution in [3.63, 3.8) is 0 Å². The first kappa shape index (κ1) is 10.3. The second-order valence-corrected chi connectivity index (χ2v) is 4.10. The van der Waals surface area contributed by atoms with Gasteiger partial charge in [-0.2, -0.15) is 11.8 Å². The van der Waals surface area contributed by atoms with Crippen LogP contribution in [0, 0.1) is 13.8 Å². The van der Waals surface area contributed by atoms with Gasteiger partial charge in [-0.3, -0.25) is 4.79 Å². The van der Waals surface area contributed by atoms with Crippen molar-refractivity contribution >= 4 is 17.5 Å². The second kappa shape index (κ2) is 4.47. The standard InChI is InChI=1S/C11H14OS/c1-8-4-9(2)6-10(5-8)11(12)7-13-3/h4-6H,7H2,1-3H3. The highest BCUT2D eigenvalue weighted by molar-refractivity contribution is 7.99. The summed E-state index contributed by atoms with van der Waals surface area (Å²) in [6.45, 7) is 4.03. The highest BCUT2D eigenvalue weighted by Gasteiger charge is 2.05. The number of ketones is 1. The molecule has 0 aliphatic carbocycles. The normalized spacial score (nSPS) is 10.1. The monoisotopic (exact) mass is 194 g/mol. The molecule has 0 radical (unpaired) electrons. The molecule has 0 spiro atoms. The van der Waals surface area contributed by atoms with Crippen LogP contribution in [0.5, 0.6) is 0 Å². The van der Waals surface area contributed by atoms with Crippen molar-refractivity contribution in [1.82, 2.24) is 0 Å². The van der Waals surface area contributed by atoms with Crippen LogP contribution in [0.25, 0.3) is 0 Å². The van der Waals surface area contributed by atoms with Gasteiger partial charge >= 0.3 is 0 Å². The molecular weight excluding hydrogens is 180 g/mol. The van der Waals surface area contributed by atoms with E-state index in [1.807, 2.05) is 32.2 Å². The second-order valence-electron chi connectivity index (χ2n) is 3.23. The Labute approximate surface area is 83.5 Å². The van der Waals surface area contributed by atoms with E-state index in [9.17, 15) is 4.79 Å². The Hall–Kier alpha value is -0.760. The zero-order chi connectivity index (χ0) is 9.84. The minimum atomic E-state index is 0.222. The van der Waals surface area contributed by atoms with Gasteiger partial charge in [-0.15, -0.1) is 0 Å². The van der Waals surface area contributed by atoms with Crippen LogP contribution in [0.2, 0.25) is 0 Å². The largest absolute Gasteiger partial charge is 0.293 e. The van der Waals surface area contributed by atoms with Gasteiger partial charge in [-0.1, -0.05) is 17.2 Å². The van der Waals surface area contributed by atoms with Gasteiger partial charge in [0.25, 0.3) is 0 Å². The molecule has 1 nitrogen and oxygen atoms in total. The molecule has 2 heteroatoms. The third-order valence-corrected chi connectivity index (χ3v) is 2.37. The summed E-state index contributed by atoms with van der Waals surface area (Å²) >= 11 is 1.57. The van der Waals surface area contributed by atoms with Gasteiger partial charge in [-0.25, -0.2) is 0 Å².